The first-order valence-corrected chi connectivity index (χ1v) is 14.9. The van der Waals surface area contributed by atoms with Crippen molar-refractivity contribution in [3.63, 3.8) is 0 Å². The highest BCUT2D eigenvalue weighted by Gasteiger charge is 2.36. The van der Waals surface area contributed by atoms with Crippen LogP contribution in [0.2, 0.25) is 5.02 Å². The van der Waals surface area contributed by atoms with Gasteiger partial charge in [0.05, 0.1) is 11.9 Å². The van der Waals surface area contributed by atoms with Gasteiger partial charge in [-0.25, -0.2) is 32.7 Å². The lowest BCUT2D eigenvalue weighted by atomic mass is 10.1. The average Bonchev–Trinajstić information content (AvgIpc) is 3.39. The number of hydrogen-bond acceptors (Lipinski definition) is 9. The summed E-state index contributed by atoms with van der Waals surface area (Å²) in [6, 6.07) is 1.48. The number of alkyl halides is 3. The van der Waals surface area contributed by atoms with Crippen molar-refractivity contribution in [2.45, 2.75) is 25.1 Å². The Morgan fingerprint density at radius 2 is 1.75 bits per heavy atom. The number of piperidine rings is 1. The number of hydrogen-bond donors (Lipinski definition) is 1. The molecule has 5 heterocycles. The van der Waals surface area contributed by atoms with Crippen molar-refractivity contribution in [2.75, 3.05) is 62.8 Å². The van der Waals surface area contributed by atoms with E-state index in [1.54, 1.807) is 16.8 Å². The number of aromatic nitrogens is 5. The van der Waals surface area contributed by atoms with Gasteiger partial charge < -0.3 is 19.7 Å². The van der Waals surface area contributed by atoms with E-state index in [-0.39, 0.29) is 23.4 Å². The maximum atomic E-state index is 13.9. The summed E-state index contributed by atoms with van der Waals surface area (Å²) < 4.78 is 68.2. The molecular weight excluding hydrogens is 571 g/mol. The Morgan fingerprint density at radius 1 is 1.05 bits per heavy atom. The molecule has 3 aromatic heterocycles. The molecule has 0 spiro atoms. The lowest BCUT2D eigenvalue weighted by Crippen LogP contribution is -2.45. The van der Waals surface area contributed by atoms with Gasteiger partial charge in [0.1, 0.15) is 34.1 Å². The van der Waals surface area contributed by atoms with Crippen LogP contribution in [-0.4, -0.2) is 101 Å². The van der Waals surface area contributed by atoms with Gasteiger partial charge in [0.2, 0.25) is 16.0 Å². The highest BCUT2D eigenvalue weighted by atomic mass is 35.5. The van der Waals surface area contributed by atoms with E-state index in [1.165, 1.54) is 16.8 Å². The van der Waals surface area contributed by atoms with Gasteiger partial charge in [0.25, 0.3) is 0 Å². The molecule has 16 heteroatoms. The van der Waals surface area contributed by atoms with Crippen molar-refractivity contribution in [1.82, 2.24) is 33.7 Å². The van der Waals surface area contributed by atoms with Crippen LogP contribution in [0, 0.1) is 0 Å². The molecule has 3 aromatic rings. The van der Waals surface area contributed by atoms with Gasteiger partial charge >= 0.3 is 6.18 Å². The second-order valence-corrected chi connectivity index (χ2v) is 12.3. The molecule has 2 aliphatic rings. The van der Waals surface area contributed by atoms with Crippen molar-refractivity contribution < 1.29 is 21.6 Å². The zero-order valence-corrected chi connectivity index (χ0v) is 23.5. The van der Waals surface area contributed by atoms with E-state index in [9.17, 15) is 21.6 Å². The van der Waals surface area contributed by atoms with Crippen molar-refractivity contribution in [1.29, 1.82) is 0 Å². The Labute approximate surface area is 235 Å². The van der Waals surface area contributed by atoms with Gasteiger partial charge in [-0.15, -0.1) is 0 Å². The molecule has 40 heavy (non-hydrogen) atoms. The highest BCUT2D eigenvalue weighted by Crippen LogP contribution is 2.37. The Morgan fingerprint density at radius 3 is 2.40 bits per heavy atom. The van der Waals surface area contributed by atoms with E-state index in [2.05, 4.69) is 35.1 Å². The third kappa shape index (κ3) is 6.16. The summed E-state index contributed by atoms with van der Waals surface area (Å²) >= 11 is 6.72. The van der Waals surface area contributed by atoms with Crippen LogP contribution >= 0.6 is 11.6 Å². The number of likely N-dealkylation sites (N-methyl/N-ethyl adjacent to an activating group) is 1. The van der Waals surface area contributed by atoms with E-state index in [0.717, 1.165) is 38.6 Å². The molecule has 2 aliphatic heterocycles. The molecule has 11 nitrogen and oxygen atoms in total. The second kappa shape index (κ2) is 11.1. The van der Waals surface area contributed by atoms with Crippen LogP contribution in [0.4, 0.5) is 24.9 Å². The molecule has 0 saturated carbocycles. The number of piperazine rings is 1. The minimum Gasteiger partial charge on any atom is -0.353 e. The SMILES string of the molecule is CN1CCN(c2nccc(-n3cnc(-c4nc(NC5CCN(S(C)(=O)=O)CC5)ncc4C(F)(F)F)c3)c2Cl)CC1. The fourth-order valence-corrected chi connectivity index (χ4v) is 6.01. The Balaban J connectivity index is 1.41. The predicted octanol–water partition coefficient (Wildman–Crippen LogP) is 2.98. The average molecular weight is 600 g/mol. The lowest BCUT2D eigenvalue weighted by molar-refractivity contribution is -0.137. The van der Waals surface area contributed by atoms with Crippen LogP contribution in [0.1, 0.15) is 18.4 Å². The third-order valence-electron chi connectivity index (χ3n) is 7.11. The normalized spacial score (nSPS) is 18.3. The van der Waals surface area contributed by atoms with E-state index < -0.39 is 21.8 Å². The summed E-state index contributed by atoms with van der Waals surface area (Å²) in [7, 11) is -1.26. The van der Waals surface area contributed by atoms with Gasteiger partial charge in [-0.3, -0.25) is 0 Å². The largest absolute Gasteiger partial charge is 0.420 e. The van der Waals surface area contributed by atoms with E-state index in [1.807, 2.05) is 7.05 Å². The topological polar surface area (TPSA) is 112 Å². The summed E-state index contributed by atoms with van der Waals surface area (Å²) in [5, 5.41) is 3.42. The molecule has 2 saturated heterocycles. The maximum absolute atomic E-state index is 13.9. The summed E-state index contributed by atoms with van der Waals surface area (Å²) in [4.78, 5) is 21.0. The van der Waals surface area contributed by atoms with Gasteiger partial charge in [-0.1, -0.05) is 11.6 Å². The van der Waals surface area contributed by atoms with Crippen LogP contribution in [0.25, 0.3) is 17.1 Å². The molecule has 0 radical (unpaired) electrons. The summed E-state index contributed by atoms with van der Waals surface area (Å²) in [5.41, 5.74) is -0.863. The zero-order chi connectivity index (χ0) is 28.7. The first-order valence-electron chi connectivity index (χ1n) is 12.7. The van der Waals surface area contributed by atoms with Crippen molar-refractivity contribution in [3.05, 3.63) is 41.6 Å². The number of halogens is 4. The molecule has 2 fully saturated rings. The lowest BCUT2D eigenvalue weighted by Gasteiger charge is -2.33. The number of rotatable bonds is 6. The summed E-state index contributed by atoms with van der Waals surface area (Å²) in [5.74, 6) is 0.614. The minimum absolute atomic E-state index is 0.00121. The second-order valence-electron chi connectivity index (χ2n) is 9.96. The third-order valence-corrected chi connectivity index (χ3v) is 8.77. The van der Waals surface area contributed by atoms with Gasteiger partial charge in [0.15, 0.2) is 0 Å². The van der Waals surface area contributed by atoms with Crippen LogP contribution in [0.15, 0.2) is 31.0 Å². The summed E-state index contributed by atoms with van der Waals surface area (Å²) in [6.07, 6.45) is 2.56. The van der Waals surface area contributed by atoms with E-state index >= 15 is 0 Å². The molecular formula is C24H29ClF3N9O2S. The van der Waals surface area contributed by atoms with Crippen LogP contribution < -0.4 is 10.2 Å². The number of nitrogens with one attached hydrogen (secondary N) is 1. The van der Waals surface area contributed by atoms with Crippen molar-refractivity contribution in [3.8, 4) is 17.1 Å². The molecule has 1 N–H and O–H groups in total. The molecule has 0 aliphatic carbocycles. The zero-order valence-electron chi connectivity index (χ0n) is 21.9. The molecule has 0 aromatic carbocycles. The Kier molecular flexibility index (Phi) is 7.92. The number of sulfonamides is 1. The summed E-state index contributed by atoms with van der Waals surface area (Å²) in [6.45, 7) is 3.83. The first kappa shape index (κ1) is 28.5. The first-order chi connectivity index (χ1) is 18.9. The molecule has 216 valence electrons. The van der Waals surface area contributed by atoms with Crippen LogP contribution in [0.3, 0.4) is 0 Å². The minimum atomic E-state index is -4.71. The quantitative estimate of drug-likeness (QED) is 0.457. The van der Waals surface area contributed by atoms with Crippen molar-refractivity contribution in [2.24, 2.45) is 0 Å². The van der Waals surface area contributed by atoms with Crippen LogP contribution in [0.5, 0.6) is 0 Å². The smallest absolute Gasteiger partial charge is 0.353 e. The molecule has 0 bridgehead atoms. The van der Waals surface area contributed by atoms with Gasteiger partial charge in [-0.05, 0) is 26.0 Å². The number of imidazole rings is 1. The molecule has 0 unspecified atom stereocenters. The predicted molar refractivity (Wildman–Crippen MR) is 145 cm³/mol. The van der Waals surface area contributed by atoms with Gasteiger partial charge in [0, 0.05) is 63.9 Å². The van der Waals surface area contributed by atoms with Crippen LogP contribution in [-0.2, 0) is 16.2 Å². The Hall–Kier alpha value is -3.01. The standard InChI is InChI=1S/C24H29ClF3N9O2S/c1-34-9-11-35(12-10-34)22-20(25)19(3-6-29-22)36-14-18(31-15-36)21-17(24(26,27)28)13-30-23(33-21)32-16-4-7-37(8-5-16)40(2,38)39/h3,6,13-16H,4-5,7-12H2,1-2H3,(H,30,32,33). The maximum Gasteiger partial charge on any atom is 0.420 e. The van der Waals surface area contributed by atoms with E-state index in [0.29, 0.717) is 42.5 Å². The highest BCUT2D eigenvalue weighted by molar-refractivity contribution is 7.88. The van der Waals surface area contributed by atoms with E-state index in [4.69, 9.17) is 11.6 Å². The fraction of sp³-hybridized carbons (Fsp3) is 0.500. The fourth-order valence-electron chi connectivity index (χ4n) is 4.81. The molecule has 0 atom stereocenters. The molecule has 0 amide bonds. The number of nitrogens with zero attached hydrogens (tertiary/aromatic N) is 8. The molecule has 5 rings (SSSR count). The van der Waals surface area contributed by atoms with Crippen molar-refractivity contribution >= 4 is 33.4 Å². The monoisotopic (exact) mass is 599 g/mol. The number of pyridine rings is 1. The Bertz CT molecular complexity index is 1470. The van der Waals surface area contributed by atoms with Gasteiger partial charge in [-0.2, -0.15) is 13.2 Å². The number of anilines is 2.